The molecule has 1 saturated heterocycles. The maximum atomic E-state index is 6.02. The molecule has 1 aliphatic heterocycles. The first-order valence-electron chi connectivity index (χ1n) is 5.61. The van der Waals surface area contributed by atoms with E-state index in [0.29, 0.717) is 5.15 Å². The molecule has 0 spiro atoms. The molecule has 1 fully saturated rings. The molecule has 88 valence electrons. The first-order valence-corrected chi connectivity index (χ1v) is 5.99. The third kappa shape index (κ3) is 2.94. The SMILES string of the molecule is CC(OC1CCOCC1)c1cccnc1Cl. The Balaban J connectivity index is 1.96. The minimum atomic E-state index is -0.00991. The van der Waals surface area contributed by atoms with Crippen molar-refractivity contribution in [1.29, 1.82) is 0 Å². The second-order valence-electron chi connectivity index (χ2n) is 3.97. The van der Waals surface area contributed by atoms with E-state index in [0.717, 1.165) is 31.6 Å². The van der Waals surface area contributed by atoms with Crippen LogP contribution in [0.1, 0.15) is 31.4 Å². The van der Waals surface area contributed by atoms with Crippen LogP contribution >= 0.6 is 11.6 Å². The lowest BCUT2D eigenvalue weighted by Crippen LogP contribution is -2.24. The summed E-state index contributed by atoms with van der Waals surface area (Å²) in [5.41, 5.74) is 0.954. The number of hydrogen-bond donors (Lipinski definition) is 0. The molecular formula is C12H16ClNO2. The Hall–Kier alpha value is -0.640. The molecule has 1 aliphatic rings. The molecule has 3 nitrogen and oxygen atoms in total. The van der Waals surface area contributed by atoms with E-state index in [4.69, 9.17) is 21.1 Å². The molecule has 2 rings (SSSR count). The van der Waals surface area contributed by atoms with Gasteiger partial charge < -0.3 is 9.47 Å². The standard InChI is InChI=1S/C12H16ClNO2/c1-9(11-3-2-6-14-12(11)13)16-10-4-7-15-8-5-10/h2-3,6,9-10H,4-5,7-8H2,1H3. The second-order valence-corrected chi connectivity index (χ2v) is 4.33. The zero-order valence-electron chi connectivity index (χ0n) is 9.36. The maximum Gasteiger partial charge on any atom is 0.134 e. The average Bonchev–Trinajstić information content (AvgIpc) is 2.31. The average molecular weight is 242 g/mol. The summed E-state index contributed by atoms with van der Waals surface area (Å²) in [4.78, 5) is 4.05. The molecule has 0 N–H and O–H groups in total. The fraction of sp³-hybridized carbons (Fsp3) is 0.583. The zero-order chi connectivity index (χ0) is 11.4. The van der Waals surface area contributed by atoms with Gasteiger partial charge >= 0.3 is 0 Å². The molecule has 0 bridgehead atoms. The van der Waals surface area contributed by atoms with Crippen LogP contribution in [0.25, 0.3) is 0 Å². The molecule has 0 aromatic carbocycles. The van der Waals surface area contributed by atoms with Crippen LogP contribution in [0.3, 0.4) is 0 Å². The number of hydrogen-bond acceptors (Lipinski definition) is 3. The highest BCUT2D eigenvalue weighted by Crippen LogP contribution is 2.26. The van der Waals surface area contributed by atoms with E-state index in [2.05, 4.69) is 4.98 Å². The van der Waals surface area contributed by atoms with E-state index < -0.39 is 0 Å². The second kappa shape index (κ2) is 5.62. The summed E-state index contributed by atoms with van der Waals surface area (Å²) in [5, 5.41) is 0.530. The number of aromatic nitrogens is 1. The Labute approximate surface area is 101 Å². The molecule has 2 heterocycles. The summed E-state index contributed by atoms with van der Waals surface area (Å²) in [6, 6.07) is 3.84. The van der Waals surface area contributed by atoms with E-state index in [-0.39, 0.29) is 12.2 Å². The van der Waals surface area contributed by atoms with E-state index in [9.17, 15) is 0 Å². The van der Waals surface area contributed by atoms with Crippen molar-refractivity contribution < 1.29 is 9.47 Å². The highest BCUT2D eigenvalue weighted by Gasteiger charge is 2.19. The Morgan fingerprint density at radius 1 is 1.50 bits per heavy atom. The first-order chi connectivity index (χ1) is 7.77. The summed E-state index contributed by atoms with van der Waals surface area (Å²) in [6.45, 7) is 3.59. The van der Waals surface area contributed by atoms with Crippen molar-refractivity contribution in [3.63, 3.8) is 0 Å². The van der Waals surface area contributed by atoms with Gasteiger partial charge in [-0.05, 0) is 25.8 Å². The molecule has 0 radical (unpaired) electrons. The number of halogens is 1. The third-order valence-corrected chi connectivity index (χ3v) is 3.11. The van der Waals surface area contributed by atoms with Crippen LogP contribution in [0.5, 0.6) is 0 Å². The first kappa shape index (κ1) is 11.8. The van der Waals surface area contributed by atoms with Gasteiger partial charge in [0.25, 0.3) is 0 Å². The molecule has 0 aliphatic carbocycles. The zero-order valence-corrected chi connectivity index (χ0v) is 10.1. The van der Waals surface area contributed by atoms with Crippen LogP contribution in [0.4, 0.5) is 0 Å². The number of rotatable bonds is 3. The summed E-state index contributed by atoms with van der Waals surface area (Å²) in [5.74, 6) is 0. The van der Waals surface area contributed by atoms with E-state index in [1.54, 1.807) is 6.20 Å². The summed E-state index contributed by atoms with van der Waals surface area (Å²) in [7, 11) is 0. The minimum absolute atomic E-state index is 0.00991. The fourth-order valence-corrected chi connectivity index (χ4v) is 2.15. The van der Waals surface area contributed by atoms with Crippen molar-refractivity contribution in [2.75, 3.05) is 13.2 Å². The predicted molar refractivity (Wildman–Crippen MR) is 62.6 cm³/mol. The largest absolute Gasteiger partial charge is 0.381 e. The molecule has 16 heavy (non-hydrogen) atoms. The Morgan fingerprint density at radius 3 is 2.94 bits per heavy atom. The molecule has 4 heteroatoms. The van der Waals surface area contributed by atoms with Crippen LogP contribution in [-0.4, -0.2) is 24.3 Å². The van der Waals surface area contributed by atoms with Crippen molar-refractivity contribution in [3.8, 4) is 0 Å². The van der Waals surface area contributed by atoms with Crippen molar-refractivity contribution in [3.05, 3.63) is 29.0 Å². The van der Waals surface area contributed by atoms with E-state index in [1.165, 1.54) is 0 Å². The van der Waals surface area contributed by atoms with Gasteiger partial charge in [-0.2, -0.15) is 0 Å². The quantitative estimate of drug-likeness (QED) is 0.763. The third-order valence-electron chi connectivity index (χ3n) is 2.79. The van der Waals surface area contributed by atoms with Crippen LogP contribution in [0.2, 0.25) is 5.15 Å². The van der Waals surface area contributed by atoms with E-state index >= 15 is 0 Å². The van der Waals surface area contributed by atoms with Gasteiger partial charge in [-0.25, -0.2) is 4.98 Å². The van der Waals surface area contributed by atoms with Crippen LogP contribution < -0.4 is 0 Å². The summed E-state index contributed by atoms with van der Waals surface area (Å²) in [6.07, 6.45) is 3.88. The van der Waals surface area contributed by atoms with E-state index in [1.807, 2.05) is 19.1 Å². The van der Waals surface area contributed by atoms with Gasteiger partial charge in [-0.3, -0.25) is 0 Å². The van der Waals surface area contributed by atoms with Crippen LogP contribution in [0.15, 0.2) is 18.3 Å². The molecule has 1 atom stereocenters. The summed E-state index contributed by atoms with van der Waals surface area (Å²) >= 11 is 6.02. The molecule has 0 saturated carbocycles. The van der Waals surface area contributed by atoms with Gasteiger partial charge in [-0.15, -0.1) is 0 Å². The molecular weight excluding hydrogens is 226 g/mol. The number of nitrogens with zero attached hydrogens (tertiary/aromatic N) is 1. The van der Waals surface area contributed by atoms with Crippen molar-refractivity contribution in [2.45, 2.75) is 32.0 Å². The highest BCUT2D eigenvalue weighted by molar-refractivity contribution is 6.30. The normalized spacial score (nSPS) is 19.6. The Morgan fingerprint density at radius 2 is 2.25 bits per heavy atom. The van der Waals surface area contributed by atoms with Crippen LogP contribution in [-0.2, 0) is 9.47 Å². The lowest BCUT2D eigenvalue weighted by atomic mass is 10.1. The minimum Gasteiger partial charge on any atom is -0.381 e. The number of ether oxygens (including phenoxy) is 2. The lowest BCUT2D eigenvalue weighted by molar-refractivity contribution is -0.0636. The number of pyridine rings is 1. The molecule has 0 amide bonds. The monoisotopic (exact) mass is 241 g/mol. The van der Waals surface area contributed by atoms with Crippen LogP contribution in [0, 0.1) is 0 Å². The predicted octanol–water partition coefficient (Wildman–Crippen LogP) is 2.99. The Bertz CT molecular complexity index is 340. The molecule has 1 aromatic rings. The Kier molecular flexibility index (Phi) is 4.16. The summed E-state index contributed by atoms with van der Waals surface area (Å²) < 4.78 is 11.2. The van der Waals surface area contributed by atoms with Gasteiger partial charge in [0.1, 0.15) is 5.15 Å². The smallest absolute Gasteiger partial charge is 0.134 e. The lowest BCUT2D eigenvalue weighted by Gasteiger charge is -2.26. The molecule has 1 unspecified atom stereocenters. The van der Waals surface area contributed by atoms with Gasteiger partial charge in [0.2, 0.25) is 0 Å². The highest BCUT2D eigenvalue weighted by atomic mass is 35.5. The van der Waals surface area contributed by atoms with Gasteiger partial charge in [-0.1, -0.05) is 17.7 Å². The van der Waals surface area contributed by atoms with Crippen molar-refractivity contribution in [1.82, 2.24) is 4.98 Å². The van der Waals surface area contributed by atoms with Crippen molar-refractivity contribution >= 4 is 11.6 Å². The van der Waals surface area contributed by atoms with Gasteiger partial charge in [0.15, 0.2) is 0 Å². The van der Waals surface area contributed by atoms with Gasteiger partial charge in [0, 0.05) is 25.0 Å². The van der Waals surface area contributed by atoms with Gasteiger partial charge in [0.05, 0.1) is 12.2 Å². The fourth-order valence-electron chi connectivity index (χ4n) is 1.88. The molecule has 1 aromatic heterocycles. The topological polar surface area (TPSA) is 31.4 Å². The van der Waals surface area contributed by atoms with Crippen molar-refractivity contribution in [2.24, 2.45) is 0 Å². The maximum absolute atomic E-state index is 6.02.